The van der Waals surface area contributed by atoms with Crippen molar-refractivity contribution >= 4 is 0 Å². The van der Waals surface area contributed by atoms with Crippen LogP contribution in [0.4, 0.5) is 0 Å². The number of benzene rings is 1. The van der Waals surface area contributed by atoms with E-state index in [2.05, 4.69) is 64.4 Å². The van der Waals surface area contributed by atoms with E-state index in [1.165, 1.54) is 5.56 Å². The summed E-state index contributed by atoms with van der Waals surface area (Å²) in [5.41, 5.74) is 3.28. The zero-order valence-electron chi connectivity index (χ0n) is 15.4. The second kappa shape index (κ2) is 8.41. The number of rotatable bonds is 7. The van der Waals surface area contributed by atoms with Gasteiger partial charge in [-0.3, -0.25) is 4.90 Å². The molecule has 0 saturated carbocycles. The molecule has 1 aromatic carbocycles. The molecule has 25 heavy (non-hydrogen) atoms. The van der Waals surface area contributed by atoms with Crippen LogP contribution in [0.3, 0.4) is 0 Å². The van der Waals surface area contributed by atoms with Gasteiger partial charge in [-0.1, -0.05) is 44.2 Å². The highest BCUT2D eigenvalue weighted by Crippen LogP contribution is 2.18. The average molecular weight is 340 g/mol. The monoisotopic (exact) mass is 340 g/mol. The fourth-order valence-corrected chi connectivity index (χ4v) is 3.08. The Kier molecular flexibility index (Phi) is 6.00. The van der Waals surface area contributed by atoms with Crippen molar-refractivity contribution in [3.05, 3.63) is 53.3 Å². The Morgan fingerprint density at radius 3 is 2.80 bits per heavy atom. The molecule has 0 spiro atoms. The number of ether oxygens (including phenoxy) is 1. The van der Waals surface area contributed by atoms with Gasteiger partial charge in [-0.2, -0.15) is 4.98 Å². The minimum Gasteiger partial charge on any atom is -0.459 e. The summed E-state index contributed by atoms with van der Waals surface area (Å²) in [5.74, 6) is 0. The van der Waals surface area contributed by atoms with E-state index in [0.29, 0.717) is 12.1 Å². The summed E-state index contributed by atoms with van der Waals surface area (Å²) in [6, 6.07) is 13.5. The molecule has 1 aliphatic rings. The molecule has 2 aromatic rings. The normalized spacial score (nSPS) is 18.0. The first-order valence-corrected chi connectivity index (χ1v) is 9.09. The van der Waals surface area contributed by atoms with E-state index in [4.69, 9.17) is 4.74 Å². The molecule has 1 aliphatic heterocycles. The summed E-state index contributed by atoms with van der Waals surface area (Å²) in [4.78, 5) is 11.4. The summed E-state index contributed by atoms with van der Waals surface area (Å²) in [7, 11) is 0. The number of aromatic nitrogens is 2. The molecule has 2 heterocycles. The summed E-state index contributed by atoms with van der Waals surface area (Å²) in [6.07, 6.45) is 1.18. The van der Waals surface area contributed by atoms with E-state index in [0.717, 1.165) is 44.0 Å². The Labute approximate surface area is 150 Å². The van der Waals surface area contributed by atoms with Gasteiger partial charge in [-0.25, -0.2) is 4.98 Å². The van der Waals surface area contributed by atoms with E-state index in [-0.39, 0.29) is 6.10 Å². The largest absolute Gasteiger partial charge is 0.459 e. The van der Waals surface area contributed by atoms with Gasteiger partial charge in [0.1, 0.15) is 6.10 Å². The smallest absolute Gasteiger partial charge is 0.317 e. The van der Waals surface area contributed by atoms with Gasteiger partial charge in [-0.15, -0.1) is 0 Å². The van der Waals surface area contributed by atoms with E-state index in [1.54, 1.807) is 0 Å². The van der Waals surface area contributed by atoms with Crippen molar-refractivity contribution in [1.29, 1.82) is 0 Å². The molecule has 5 heteroatoms. The predicted octanol–water partition coefficient (Wildman–Crippen LogP) is 2.94. The van der Waals surface area contributed by atoms with Gasteiger partial charge in [-0.05, 0) is 25.0 Å². The Bertz CT molecular complexity index is 675. The highest BCUT2D eigenvalue weighted by Gasteiger charge is 2.25. The summed E-state index contributed by atoms with van der Waals surface area (Å²) in [5, 5.41) is 3.39. The molecule has 5 nitrogen and oxygen atoms in total. The van der Waals surface area contributed by atoms with Crippen LogP contribution in [0, 0.1) is 6.92 Å². The molecule has 3 rings (SSSR count). The maximum atomic E-state index is 6.08. The highest BCUT2D eigenvalue weighted by atomic mass is 16.5. The lowest BCUT2D eigenvalue weighted by molar-refractivity contribution is 0.182. The summed E-state index contributed by atoms with van der Waals surface area (Å²) >= 11 is 0. The van der Waals surface area contributed by atoms with Gasteiger partial charge in [0.15, 0.2) is 0 Å². The van der Waals surface area contributed by atoms with Crippen LogP contribution >= 0.6 is 0 Å². The molecule has 1 aromatic heterocycles. The van der Waals surface area contributed by atoms with E-state index in [9.17, 15) is 0 Å². The zero-order chi connectivity index (χ0) is 17.6. The minimum atomic E-state index is 0.163. The molecule has 1 atom stereocenters. The molecular weight excluding hydrogens is 312 g/mol. The van der Waals surface area contributed by atoms with Gasteiger partial charge < -0.3 is 10.1 Å². The van der Waals surface area contributed by atoms with Gasteiger partial charge >= 0.3 is 6.01 Å². The molecule has 1 saturated heterocycles. The second-order valence-electron chi connectivity index (χ2n) is 7.07. The lowest BCUT2D eigenvalue weighted by Gasteiger charge is -2.17. The van der Waals surface area contributed by atoms with Crippen molar-refractivity contribution in [3.8, 4) is 6.01 Å². The van der Waals surface area contributed by atoms with Crippen LogP contribution in [0.5, 0.6) is 6.01 Å². The van der Waals surface area contributed by atoms with Crippen LogP contribution < -0.4 is 10.1 Å². The predicted molar refractivity (Wildman–Crippen MR) is 99.5 cm³/mol. The van der Waals surface area contributed by atoms with Crippen LogP contribution in [-0.2, 0) is 13.1 Å². The SMILES string of the molecule is Cc1cc(CNC(C)C)nc(OC2CCN(Cc3ccccc3)C2)n1. The minimum absolute atomic E-state index is 0.163. The molecule has 1 unspecified atom stereocenters. The first-order valence-electron chi connectivity index (χ1n) is 9.09. The van der Waals surface area contributed by atoms with Crippen LogP contribution in [-0.4, -0.2) is 40.1 Å². The van der Waals surface area contributed by atoms with Gasteiger partial charge in [0.05, 0.1) is 5.69 Å². The maximum absolute atomic E-state index is 6.08. The Morgan fingerprint density at radius 2 is 2.04 bits per heavy atom. The summed E-state index contributed by atoms with van der Waals surface area (Å²) < 4.78 is 6.08. The third-order valence-electron chi connectivity index (χ3n) is 4.33. The fraction of sp³-hybridized carbons (Fsp3) is 0.500. The molecule has 0 aliphatic carbocycles. The van der Waals surface area contributed by atoms with E-state index < -0.39 is 0 Å². The topological polar surface area (TPSA) is 50.3 Å². The average Bonchev–Trinajstić information content (AvgIpc) is 3.00. The van der Waals surface area contributed by atoms with Crippen molar-refractivity contribution in [3.63, 3.8) is 0 Å². The molecule has 1 N–H and O–H groups in total. The van der Waals surface area contributed by atoms with Crippen LogP contribution in [0.25, 0.3) is 0 Å². The molecule has 1 fully saturated rings. The molecular formula is C20H28N4O. The molecule has 134 valence electrons. The van der Waals surface area contributed by atoms with Crippen LogP contribution in [0.15, 0.2) is 36.4 Å². The number of nitrogens with one attached hydrogen (secondary N) is 1. The lowest BCUT2D eigenvalue weighted by atomic mass is 10.2. The second-order valence-corrected chi connectivity index (χ2v) is 7.07. The van der Waals surface area contributed by atoms with Crippen LogP contribution in [0.2, 0.25) is 0 Å². The zero-order valence-corrected chi connectivity index (χ0v) is 15.4. The Morgan fingerprint density at radius 1 is 1.24 bits per heavy atom. The standard InChI is InChI=1S/C20H28N4O/c1-15(2)21-12-18-11-16(3)22-20(23-18)25-19-9-10-24(14-19)13-17-7-5-4-6-8-17/h4-8,11,15,19,21H,9-10,12-14H2,1-3H3. The Balaban J connectivity index is 1.56. The van der Waals surface area contributed by atoms with Crippen molar-refractivity contribution in [2.45, 2.75) is 52.4 Å². The van der Waals surface area contributed by atoms with Gasteiger partial charge in [0.25, 0.3) is 0 Å². The van der Waals surface area contributed by atoms with Gasteiger partial charge in [0.2, 0.25) is 0 Å². The van der Waals surface area contributed by atoms with Crippen molar-refractivity contribution in [2.24, 2.45) is 0 Å². The lowest BCUT2D eigenvalue weighted by Crippen LogP contribution is -2.26. The molecule has 0 amide bonds. The third kappa shape index (κ3) is 5.51. The van der Waals surface area contributed by atoms with E-state index >= 15 is 0 Å². The Hall–Kier alpha value is -1.98. The number of aryl methyl sites for hydroxylation is 1. The fourth-order valence-electron chi connectivity index (χ4n) is 3.08. The maximum Gasteiger partial charge on any atom is 0.317 e. The quantitative estimate of drug-likeness (QED) is 0.840. The number of hydrogen-bond acceptors (Lipinski definition) is 5. The number of hydrogen-bond donors (Lipinski definition) is 1. The first-order chi connectivity index (χ1) is 12.1. The number of likely N-dealkylation sites (tertiary alicyclic amines) is 1. The summed E-state index contributed by atoms with van der Waals surface area (Å²) in [6.45, 7) is 9.93. The molecule has 0 bridgehead atoms. The van der Waals surface area contributed by atoms with Crippen LogP contribution in [0.1, 0.15) is 37.2 Å². The first kappa shape index (κ1) is 17.8. The van der Waals surface area contributed by atoms with Crippen molar-refractivity contribution in [1.82, 2.24) is 20.2 Å². The molecule has 0 radical (unpaired) electrons. The van der Waals surface area contributed by atoms with Crippen molar-refractivity contribution < 1.29 is 4.74 Å². The highest BCUT2D eigenvalue weighted by molar-refractivity contribution is 5.15. The van der Waals surface area contributed by atoms with E-state index in [1.807, 2.05) is 13.0 Å². The van der Waals surface area contributed by atoms with Gasteiger partial charge in [0, 0.05) is 37.9 Å². The third-order valence-corrected chi connectivity index (χ3v) is 4.33. The van der Waals surface area contributed by atoms with Crippen molar-refractivity contribution in [2.75, 3.05) is 13.1 Å². The number of nitrogens with zero attached hydrogens (tertiary/aromatic N) is 3.